The van der Waals surface area contributed by atoms with Crippen LogP contribution in [-0.2, 0) is 0 Å². The van der Waals surface area contributed by atoms with E-state index in [-0.39, 0.29) is 0 Å². The Morgan fingerprint density at radius 3 is 1.49 bits per heavy atom. The molecular formula is C40H27N. The van der Waals surface area contributed by atoms with Gasteiger partial charge in [-0.05, 0) is 96.7 Å². The third-order valence-corrected chi connectivity index (χ3v) is 8.21. The molecule has 8 rings (SSSR count). The molecule has 0 aliphatic carbocycles. The zero-order valence-electron chi connectivity index (χ0n) is 22.5. The molecule has 41 heavy (non-hydrogen) atoms. The number of fused-ring (bicyclic) bond motifs is 7. The lowest BCUT2D eigenvalue weighted by Gasteiger charge is -2.26. The maximum absolute atomic E-state index is 2.38. The highest BCUT2D eigenvalue weighted by Crippen LogP contribution is 2.42. The van der Waals surface area contributed by atoms with Crippen LogP contribution in [0.2, 0.25) is 0 Å². The number of para-hydroxylation sites is 2. The Balaban J connectivity index is 1.38. The minimum atomic E-state index is 1.14. The number of benzene rings is 8. The second-order valence-corrected chi connectivity index (χ2v) is 10.6. The Hall–Kier alpha value is -5.40. The molecule has 0 N–H and O–H groups in total. The van der Waals surface area contributed by atoms with Crippen molar-refractivity contribution in [2.24, 2.45) is 0 Å². The fourth-order valence-corrected chi connectivity index (χ4v) is 6.33. The van der Waals surface area contributed by atoms with Gasteiger partial charge >= 0.3 is 0 Å². The summed E-state index contributed by atoms with van der Waals surface area (Å²) in [5.74, 6) is 0. The molecule has 8 aromatic rings. The Morgan fingerprint density at radius 1 is 0.293 bits per heavy atom. The van der Waals surface area contributed by atoms with E-state index in [1.807, 2.05) is 0 Å². The molecule has 0 aromatic heterocycles. The summed E-state index contributed by atoms with van der Waals surface area (Å²) in [6, 6.07) is 59.2. The molecule has 0 unspecified atom stereocenters. The van der Waals surface area contributed by atoms with Gasteiger partial charge in [0.25, 0.3) is 0 Å². The molecule has 0 amide bonds. The van der Waals surface area contributed by atoms with Crippen LogP contribution in [0, 0.1) is 0 Å². The van der Waals surface area contributed by atoms with Crippen LogP contribution in [0.15, 0.2) is 164 Å². The van der Waals surface area contributed by atoms with Crippen molar-refractivity contribution in [3.63, 3.8) is 0 Å². The minimum absolute atomic E-state index is 1.14. The Kier molecular flexibility index (Phi) is 5.53. The molecule has 0 saturated carbocycles. The molecule has 1 heteroatoms. The lowest BCUT2D eigenvalue weighted by atomic mass is 9.90. The van der Waals surface area contributed by atoms with Gasteiger partial charge in [0.05, 0.1) is 0 Å². The van der Waals surface area contributed by atoms with Crippen LogP contribution in [0.1, 0.15) is 0 Å². The summed E-state index contributed by atoms with van der Waals surface area (Å²) in [6.07, 6.45) is 0. The van der Waals surface area contributed by atoms with Crippen LogP contribution >= 0.6 is 0 Å². The number of nitrogens with zero attached hydrogens (tertiary/aromatic N) is 1. The number of anilines is 3. The van der Waals surface area contributed by atoms with Crippen molar-refractivity contribution in [1.29, 1.82) is 0 Å². The van der Waals surface area contributed by atoms with Crippen LogP contribution in [0.5, 0.6) is 0 Å². The van der Waals surface area contributed by atoms with E-state index < -0.39 is 0 Å². The topological polar surface area (TPSA) is 3.24 Å². The smallest absolute Gasteiger partial charge is 0.0468 e. The van der Waals surface area contributed by atoms with Gasteiger partial charge < -0.3 is 4.90 Å². The Labute approximate surface area is 239 Å². The predicted octanol–water partition coefficient (Wildman–Crippen LogP) is 11.4. The first-order valence-corrected chi connectivity index (χ1v) is 14.1. The number of hydrogen-bond acceptors (Lipinski definition) is 1. The van der Waals surface area contributed by atoms with Crippen molar-refractivity contribution < 1.29 is 0 Å². The number of hydrogen-bond donors (Lipinski definition) is 0. The molecule has 0 bridgehead atoms. The minimum Gasteiger partial charge on any atom is -0.310 e. The lowest BCUT2D eigenvalue weighted by Crippen LogP contribution is -2.09. The average molecular weight is 522 g/mol. The van der Waals surface area contributed by atoms with E-state index in [4.69, 9.17) is 0 Å². The first kappa shape index (κ1) is 23.5. The number of rotatable bonds is 4. The molecule has 0 spiro atoms. The van der Waals surface area contributed by atoms with Crippen LogP contribution in [-0.4, -0.2) is 0 Å². The van der Waals surface area contributed by atoms with E-state index >= 15 is 0 Å². The highest BCUT2D eigenvalue weighted by atomic mass is 15.1. The van der Waals surface area contributed by atoms with E-state index in [0.29, 0.717) is 0 Å². The lowest BCUT2D eigenvalue weighted by molar-refractivity contribution is 1.29. The van der Waals surface area contributed by atoms with Crippen molar-refractivity contribution >= 4 is 60.2 Å². The highest BCUT2D eigenvalue weighted by molar-refractivity contribution is 6.26. The molecule has 0 aliphatic rings. The van der Waals surface area contributed by atoms with Gasteiger partial charge in [0.15, 0.2) is 0 Å². The van der Waals surface area contributed by atoms with E-state index in [9.17, 15) is 0 Å². The second-order valence-electron chi connectivity index (χ2n) is 10.6. The molecule has 8 aromatic carbocycles. The monoisotopic (exact) mass is 521 g/mol. The molecule has 0 heterocycles. The van der Waals surface area contributed by atoms with Gasteiger partial charge in [-0.25, -0.2) is 0 Å². The van der Waals surface area contributed by atoms with Gasteiger partial charge in [0, 0.05) is 17.1 Å². The standard InChI is InChI=1S/C40H27N/c1-3-14-30(15-4-1)41(31-16-5-2-6-17-31)32-23-25-38-37-24-22-29(34-21-11-13-28-12-7-8-18-33(28)34)26-39(37)35-19-9-10-20-36(35)40(38)27-32/h1-27H. The summed E-state index contributed by atoms with van der Waals surface area (Å²) in [5.41, 5.74) is 5.94. The van der Waals surface area contributed by atoms with Crippen LogP contribution in [0.25, 0.3) is 54.2 Å². The van der Waals surface area contributed by atoms with Gasteiger partial charge in [-0.1, -0.05) is 121 Å². The molecule has 0 aliphatic heterocycles. The highest BCUT2D eigenvalue weighted by Gasteiger charge is 2.16. The maximum Gasteiger partial charge on any atom is 0.0468 e. The quantitative estimate of drug-likeness (QED) is 0.208. The van der Waals surface area contributed by atoms with Gasteiger partial charge in [-0.15, -0.1) is 0 Å². The first-order chi connectivity index (χ1) is 20.3. The van der Waals surface area contributed by atoms with Gasteiger partial charge in [-0.2, -0.15) is 0 Å². The Morgan fingerprint density at radius 2 is 0.805 bits per heavy atom. The molecule has 192 valence electrons. The third kappa shape index (κ3) is 3.94. The van der Waals surface area contributed by atoms with E-state index in [1.165, 1.54) is 54.2 Å². The fourth-order valence-electron chi connectivity index (χ4n) is 6.33. The van der Waals surface area contributed by atoms with Crippen molar-refractivity contribution in [2.75, 3.05) is 4.90 Å². The molecule has 0 atom stereocenters. The maximum atomic E-state index is 2.38. The zero-order chi connectivity index (χ0) is 27.2. The summed E-state index contributed by atoms with van der Waals surface area (Å²) in [5, 5.41) is 10.2. The van der Waals surface area contributed by atoms with Crippen LogP contribution in [0.4, 0.5) is 17.1 Å². The van der Waals surface area contributed by atoms with Crippen molar-refractivity contribution in [2.45, 2.75) is 0 Å². The molecule has 0 radical (unpaired) electrons. The van der Waals surface area contributed by atoms with E-state index in [0.717, 1.165) is 17.1 Å². The van der Waals surface area contributed by atoms with E-state index in [1.54, 1.807) is 0 Å². The van der Waals surface area contributed by atoms with E-state index in [2.05, 4.69) is 169 Å². The van der Waals surface area contributed by atoms with Gasteiger partial charge in [0.2, 0.25) is 0 Å². The van der Waals surface area contributed by atoms with Crippen molar-refractivity contribution in [3.05, 3.63) is 164 Å². The molecule has 0 fully saturated rings. The first-order valence-electron chi connectivity index (χ1n) is 14.1. The van der Waals surface area contributed by atoms with Crippen LogP contribution in [0.3, 0.4) is 0 Å². The molecule has 1 nitrogen and oxygen atoms in total. The summed E-state index contributed by atoms with van der Waals surface area (Å²) in [7, 11) is 0. The summed E-state index contributed by atoms with van der Waals surface area (Å²) < 4.78 is 0. The normalized spacial score (nSPS) is 11.4. The SMILES string of the molecule is c1ccc(N(c2ccccc2)c2ccc3c4ccc(-c5cccc6ccccc56)cc4c4ccccc4c3c2)cc1. The molecule has 0 saturated heterocycles. The fraction of sp³-hybridized carbons (Fsp3) is 0. The second kappa shape index (κ2) is 9.66. The van der Waals surface area contributed by atoms with Crippen molar-refractivity contribution in [3.8, 4) is 11.1 Å². The molecular weight excluding hydrogens is 494 g/mol. The zero-order valence-corrected chi connectivity index (χ0v) is 22.5. The summed E-state index contributed by atoms with van der Waals surface area (Å²) in [6.45, 7) is 0. The summed E-state index contributed by atoms with van der Waals surface area (Å²) in [4.78, 5) is 2.34. The van der Waals surface area contributed by atoms with Crippen LogP contribution < -0.4 is 4.90 Å². The summed E-state index contributed by atoms with van der Waals surface area (Å²) >= 11 is 0. The van der Waals surface area contributed by atoms with Crippen molar-refractivity contribution in [1.82, 2.24) is 0 Å². The predicted molar refractivity (Wildman–Crippen MR) is 177 cm³/mol. The van der Waals surface area contributed by atoms with Gasteiger partial charge in [-0.3, -0.25) is 0 Å². The largest absolute Gasteiger partial charge is 0.310 e. The third-order valence-electron chi connectivity index (χ3n) is 8.21. The average Bonchev–Trinajstić information content (AvgIpc) is 3.05. The Bertz CT molecular complexity index is 2130. The van der Waals surface area contributed by atoms with Gasteiger partial charge in [0.1, 0.15) is 0 Å².